The van der Waals surface area contributed by atoms with Gasteiger partial charge >= 0.3 is 24.2 Å². The number of alkyl halides is 10. The maximum atomic E-state index is 13.6. The van der Waals surface area contributed by atoms with Crippen LogP contribution in [-0.4, -0.2) is 22.1 Å². The SMILES string of the molecule is Cc1cc(Cn2cc(C(F)(F)C(F)(F)F)c(C(F)(F)C(F)(F)F)n2)ccc1N. The first-order valence-electron chi connectivity index (χ1n) is 7.31. The largest absolute Gasteiger partial charge is 0.459 e. The van der Waals surface area contributed by atoms with Gasteiger partial charge in [-0.1, -0.05) is 12.1 Å². The van der Waals surface area contributed by atoms with E-state index in [1.165, 1.54) is 25.1 Å². The van der Waals surface area contributed by atoms with Gasteiger partial charge in [0, 0.05) is 11.9 Å². The second-order valence-corrected chi connectivity index (χ2v) is 5.92. The molecule has 2 aromatic rings. The van der Waals surface area contributed by atoms with E-state index >= 15 is 0 Å². The molecule has 1 aromatic carbocycles. The third-order valence-corrected chi connectivity index (χ3v) is 3.79. The molecule has 0 bridgehead atoms. The highest BCUT2D eigenvalue weighted by Gasteiger charge is 2.67. The van der Waals surface area contributed by atoms with Crippen molar-refractivity contribution in [2.75, 3.05) is 5.73 Å². The second kappa shape index (κ2) is 6.55. The fraction of sp³-hybridized carbons (Fsp3) is 0.400. The van der Waals surface area contributed by atoms with E-state index in [1.807, 2.05) is 0 Å². The zero-order valence-electron chi connectivity index (χ0n) is 13.8. The van der Waals surface area contributed by atoms with Crippen molar-refractivity contribution in [3.63, 3.8) is 0 Å². The average Bonchev–Trinajstić information content (AvgIpc) is 2.94. The maximum Gasteiger partial charge on any atom is 0.459 e. The smallest absolute Gasteiger partial charge is 0.399 e. The van der Waals surface area contributed by atoms with Crippen molar-refractivity contribution in [3.05, 3.63) is 46.8 Å². The molecule has 28 heavy (non-hydrogen) atoms. The lowest BCUT2D eigenvalue weighted by Gasteiger charge is -2.23. The highest BCUT2D eigenvalue weighted by molar-refractivity contribution is 5.47. The first-order valence-corrected chi connectivity index (χ1v) is 7.31. The number of nitrogen functional groups attached to an aromatic ring is 1. The number of hydrogen-bond acceptors (Lipinski definition) is 2. The van der Waals surface area contributed by atoms with Gasteiger partial charge in [0.2, 0.25) is 0 Å². The molecule has 0 aliphatic carbocycles. The van der Waals surface area contributed by atoms with E-state index < -0.39 is 42.0 Å². The molecule has 2 N–H and O–H groups in total. The van der Waals surface area contributed by atoms with Crippen molar-refractivity contribution >= 4 is 5.69 Å². The zero-order valence-corrected chi connectivity index (χ0v) is 13.8. The number of benzene rings is 1. The van der Waals surface area contributed by atoms with Gasteiger partial charge in [0.25, 0.3) is 0 Å². The third kappa shape index (κ3) is 3.74. The summed E-state index contributed by atoms with van der Waals surface area (Å²) >= 11 is 0. The van der Waals surface area contributed by atoms with Crippen molar-refractivity contribution in [2.45, 2.75) is 37.7 Å². The fourth-order valence-corrected chi connectivity index (χ4v) is 2.27. The molecule has 0 spiro atoms. The number of halogens is 10. The summed E-state index contributed by atoms with van der Waals surface area (Å²) in [4.78, 5) is 0. The number of hydrogen-bond donors (Lipinski definition) is 1. The molecule has 0 aliphatic rings. The molecule has 3 nitrogen and oxygen atoms in total. The first kappa shape index (κ1) is 21.8. The summed E-state index contributed by atoms with van der Waals surface area (Å²) in [6.07, 6.45) is -13.0. The van der Waals surface area contributed by atoms with Crippen molar-refractivity contribution in [2.24, 2.45) is 0 Å². The number of nitrogens with zero attached hydrogens (tertiary/aromatic N) is 2. The van der Waals surface area contributed by atoms with Gasteiger partial charge in [-0.2, -0.15) is 49.0 Å². The molecule has 0 saturated heterocycles. The van der Waals surface area contributed by atoms with Crippen LogP contribution in [0.3, 0.4) is 0 Å². The van der Waals surface area contributed by atoms with E-state index in [1.54, 1.807) is 0 Å². The summed E-state index contributed by atoms with van der Waals surface area (Å²) in [6.45, 7) is 0.879. The number of aryl methyl sites for hydroxylation is 1. The topological polar surface area (TPSA) is 43.8 Å². The van der Waals surface area contributed by atoms with Crippen LogP contribution in [0.15, 0.2) is 24.4 Å². The Bertz CT molecular complexity index is 820. The summed E-state index contributed by atoms with van der Waals surface area (Å²) in [7, 11) is 0. The van der Waals surface area contributed by atoms with Crippen molar-refractivity contribution in [3.8, 4) is 0 Å². The van der Waals surface area contributed by atoms with Gasteiger partial charge < -0.3 is 5.73 Å². The fourth-order valence-electron chi connectivity index (χ4n) is 2.27. The van der Waals surface area contributed by atoms with Crippen LogP contribution in [0.2, 0.25) is 0 Å². The molecule has 0 fully saturated rings. The Labute approximate surface area is 150 Å². The van der Waals surface area contributed by atoms with Gasteiger partial charge in [-0.15, -0.1) is 0 Å². The lowest BCUT2D eigenvalue weighted by atomic mass is 10.0. The van der Waals surface area contributed by atoms with Crippen molar-refractivity contribution in [1.29, 1.82) is 0 Å². The number of rotatable bonds is 4. The van der Waals surface area contributed by atoms with Gasteiger partial charge in [-0.05, 0) is 24.1 Å². The summed E-state index contributed by atoms with van der Waals surface area (Å²) in [5.41, 5.74) is 1.21. The predicted octanol–water partition coefficient (Wildman–Crippen LogP) is 5.13. The van der Waals surface area contributed by atoms with Gasteiger partial charge in [-0.3, -0.25) is 4.68 Å². The van der Waals surface area contributed by atoms with Crippen LogP contribution in [0.4, 0.5) is 49.6 Å². The van der Waals surface area contributed by atoms with E-state index in [9.17, 15) is 43.9 Å². The average molecular weight is 423 g/mol. The molecule has 0 amide bonds. The normalized spacial score (nSPS) is 13.8. The van der Waals surface area contributed by atoms with Crippen LogP contribution < -0.4 is 5.73 Å². The van der Waals surface area contributed by atoms with Gasteiger partial charge in [0.05, 0.1) is 12.1 Å². The third-order valence-electron chi connectivity index (χ3n) is 3.79. The lowest BCUT2D eigenvalue weighted by molar-refractivity contribution is -0.302. The van der Waals surface area contributed by atoms with Crippen LogP contribution in [0, 0.1) is 6.92 Å². The maximum absolute atomic E-state index is 13.6. The Kier molecular flexibility index (Phi) is 5.11. The molecular weight excluding hydrogens is 412 g/mol. The molecule has 0 radical (unpaired) electrons. The minimum Gasteiger partial charge on any atom is -0.399 e. The molecule has 0 aliphatic heterocycles. The monoisotopic (exact) mass is 423 g/mol. The minimum absolute atomic E-state index is 0.162. The summed E-state index contributed by atoms with van der Waals surface area (Å²) in [6, 6.07) is 3.97. The molecule has 0 unspecified atom stereocenters. The highest BCUT2D eigenvalue weighted by atomic mass is 19.4. The number of nitrogens with two attached hydrogens (primary N) is 1. The number of aromatic nitrogens is 2. The van der Waals surface area contributed by atoms with Crippen LogP contribution >= 0.6 is 0 Å². The Morgan fingerprint density at radius 2 is 1.43 bits per heavy atom. The zero-order chi connectivity index (χ0) is 21.7. The van der Waals surface area contributed by atoms with E-state index in [0.29, 0.717) is 11.3 Å². The second-order valence-electron chi connectivity index (χ2n) is 5.92. The van der Waals surface area contributed by atoms with Gasteiger partial charge in [-0.25, -0.2) is 0 Å². The quantitative estimate of drug-likeness (QED) is 0.548. The minimum atomic E-state index is -6.43. The summed E-state index contributed by atoms with van der Waals surface area (Å²) in [5.74, 6) is -12.0. The molecule has 0 atom stereocenters. The molecule has 13 heteroatoms. The Hall–Kier alpha value is -2.47. The standard InChI is InChI=1S/C15H11F10N3/c1-7-4-8(2-3-10(7)26)5-28-6-9(12(16,17)14(20,21)22)11(27-28)13(18,19)15(23,24)25/h2-4,6H,5,26H2,1H3. The predicted molar refractivity (Wildman–Crippen MR) is 76.8 cm³/mol. The Morgan fingerprint density at radius 3 is 1.89 bits per heavy atom. The van der Waals surface area contributed by atoms with E-state index in [0.717, 1.165) is 0 Å². The molecule has 156 valence electrons. The van der Waals surface area contributed by atoms with Crippen molar-refractivity contribution in [1.82, 2.24) is 9.78 Å². The van der Waals surface area contributed by atoms with Crippen LogP contribution in [-0.2, 0) is 18.4 Å². The lowest BCUT2D eigenvalue weighted by Crippen LogP contribution is -2.40. The first-order chi connectivity index (χ1) is 12.5. The Balaban J connectivity index is 2.62. The summed E-state index contributed by atoms with van der Waals surface area (Å²) in [5, 5.41) is 2.71. The van der Waals surface area contributed by atoms with Crippen LogP contribution in [0.25, 0.3) is 0 Å². The molecular formula is C15H11F10N3. The molecule has 1 aromatic heterocycles. The highest BCUT2D eigenvalue weighted by Crippen LogP contribution is 2.51. The van der Waals surface area contributed by atoms with Crippen LogP contribution in [0.1, 0.15) is 22.4 Å². The molecule has 0 saturated carbocycles. The van der Waals surface area contributed by atoms with Crippen LogP contribution in [0.5, 0.6) is 0 Å². The van der Waals surface area contributed by atoms with Crippen molar-refractivity contribution < 1.29 is 43.9 Å². The van der Waals surface area contributed by atoms with E-state index in [2.05, 4.69) is 5.10 Å². The molecule has 2 rings (SSSR count). The van der Waals surface area contributed by atoms with E-state index in [-0.39, 0.29) is 16.4 Å². The number of anilines is 1. The molecule has 1 heterocycles. The summed E-state index contributed by atoms with van der Waals surface area (Å²) < 4.78 is 130. The van der Waals surface area contributed by atoms with Gasteiger partial charge in [0.1, 0.15) is 0 Å². The van der Waals surface area contributed by atoms with Gasteiger partial charge in [0.15, 0.2) is 5.69 Å². The Morgan fingerprint density at radius 1 is 0.893 bits per heavy atom. The van der Waals surface area contributed by atoms with E-state index in [4.69, 9.17) is 5.73 Å².